The Morgan fingerprint density at radius 3 is 2.38 bits per heavy atom. The third-order valence-corrected chi connectivity index (χ3v) is 3.54. The molecule has 0 saturated heterocycles. The quantitative estimate of drug-likeness (QED) is 0.623. The first kappa shape index (κ1) is 20.6. The van der Waals surface area contributed by atoms with Gasteiger partial charge >= 0.3 is 6.09 Å². The number of ether oxygens (including phenoxy) is 1. The smallest absolute Gasteiger partial charge is 0.407 e. The van der Waals surface area contributed by atoms with E-state index in [0.29, 0.717) is 31.9 Å². The van der Waals surface area contributed by atoms with E-state index in [-0.39, 0.29) is 5.91 Å². The van der Waals surface area contributed by atoms with Gasteiger partial charge in [0.2, 0.25) is 0 Å². The lowest BCUT2D eigenvalue weighted by atomic mass is 10.2. The molecule has 0 radical (unpaired) electrons. The van der Waals surface area contributed by atoms with Crippen molar-refractivity contribution in [2.45, 2.75) is 26.4 Å². The minimum absolute atomic E-state index is 0.188. The summed E-state index contributed by atoms with van der Waals surface area (Å²) in [6.07, 6.45) is 1.23. The Bertz CT molecular complexity index is 543. The zero-order valence-electron chi connectivity index (χ0n) is 14.6. The highest BCUT2D eigenvalue weighted by molar-refractivity contribution is 14.1. The summed E-state index contributed by atoms with van der Waals surface area (Å²) in [6, 6.07) is 3.54. The van der Waals surface area contributed by atoms with E-state index < -0.39 is 11.7 Å². The molecule has 0 atom stereocenters. The Labute approximate surface area is 156 Å². The summed E-state index contributed by atoms with van der Waals surface area (Å²) in [5, 5.41) is 5.52. The van der Waals surface area contributed by atoms with Crippen LogP contribution in [0.2, 0.25) is 0 Å². The number of halogens is 1. The van der Waals surface area contributed by atoms with Crippen molar-refractivity contribution in [1.29, 1.82) is 0 Å². The molecule has 1 aromatic heterocycles. The fraction of sp³-hybridized carbons (Fsp3) is 0.562. The predicted molar refractivity (Wildman–Crippen MR) is 101 cm³/mol. The maximum Gasteiger partial charge on any atom is 0.407 e. The molecule has 2 amide bonds. The molecule has 7 nitrogen and oxygen atoms in total. The summed E-state index contributed by atoms with van der Waals surface area (Å²) in [7, 11) is 1.92. The van der Waals surface area contributed by atoms with Crippen molar-refractivity contribution in [2.75, 3.05) is 33.2 Å². The maximum absolute atomic E-state index is 11.9. The molecular weight excluding hydrogens is 423 g/mol. The van der Waals surface area contributed by atoms with Gasteiger partial charge < -0.3 is 20.3 Å². The van der Waals surface area contributed by atoms with Gasteiger partial charge in [-0.15, -0.1) is 0 Å². The number of nitrogens with one attached hydrogen (secondary N) is 2. The van der Waals surface area contributed by atoms with Crippen LogP contribution in [0.3, 0.4) is 0 Å². The van der Waals surface area contributed by atoms with Crippen molar-refractivity contribution < 1.29 is 14.3 Å². The summed E-state index contributed by atoms with van der Waals surface area (Å²) in [5.41, 5.74) is -0.0891. The molecule has 0 aromatic carbocycles. The van der Waals surface area contributed by atoms with Crippen molar-refractivity contribution in [3.05, 3.63) is 27.6 Å². The standard InChI is InChI=1S/C16H25IN4O3/c1-16(2,3)24-15(23)19-8-10-21(4)9-7-18-14(22)13-6-5-12(17)11-20-13/h5-6,11H,7-10H2,1-4H3,(H,18,22)(H,19,23). The number of nitrogens with zero attached hydrogens (tertiary/aromatic N) is 2. The van der Waals surface area contributed by atoms with Gasteiger partial charge in [-0.1, -0.05) is 0 Å². The van der Waals surface area contributed by atoms with E-state index >= 15 is 0 Å². The molecule has 1 heterocycles. The van der Waals surface area contributed by atoms with Crippen LogP contribution in [0.4, 0.5) is 4.79 Å². The molecule has 0 fully saturated rings. The lowest BCUT2D eigenvalue weighted by Gasteiger charge is -2.21. The van der Waals surface area contributed by atoms with Crippen molar-refractivity contribution in [3.63, 3.8) is 0 Å². The Morgan fingerprint density at radius 1 is 1.21 bits per heavy atom. The van der Waals surface area contributed by atoms with E-state index in [1.165, 1.54) is 0 Å². The van der Waals surface area contributed by atoms with Crippen molar-refractivity contribution in [1.82, 2.24) is 20.5 Å². The van der Waals surface area contributed by atoms with Crippen LogP contribution >= 0.6 is 22.6 Å². The number of likely N-dealkylation sites (N-methyl/N-ethyl adjacent to an activating group) is 1. The molecule has 0 spiro atoms. The Kier molecular flexibility index (Phi) is 8.40. The van der Waals surface area contributed by atoms with Crippen LogP contribution in [0.25, 0.3) is 0 Å². The number of hydrogen-bond acceptors (Lipinski definition) is 5. The second kappa shape index (κ2) is 9.77. The third-order valence-electron chi connectivity index (χ3n) is 2.90. The van der Waals surface area contributed by atoms with Crippen LogP contribution in [0.15, 0.2) is 18.3 Å². The third kappa shape index (κ3) is 9.02. The average molecular weight is 448 g/mol. The molecule has 0 aliphatic rings. The van der Waals surface area contributed by atoms with Gasteiger partial charge in [0, 0.05) is 35.9 Å². The van der Waals surface area contributed by atoms with E-state index in [4.69, 9.17) is 4.74 Å². The van der Waals surface area contributed by atoms with Crippen molar-refractivity contribution in [3.8, 4) is 0 Å². The molecule has 0 unspecified atom stereocenters. The number of carbonyl (C=O) groups is 2. The molecule has 0 aliphatic carbocycles. The van der Waals surface area contributed by atoms with E-state index in [9.17, 15) is 9.59 Å². The van der Waals surface area contributed by atoms with Gasteiger partial charge in [0.05, 0.1) is 0 Å². The van der Waals surface area contributed by atoms with Crippen LogP contribution in [-0.2, 0) is 4.74 Å². The zero-order chi connectivity index (χ0) is 18.2. The monoisotopic (exact) mass is 448 g/mol. The molecule has 1 rings (SSSR count). The Morgan fingerprint density at radius 2 is 1.83 bits per heavy atom. The number of amides is 2. The van der Waals surface area contributed by atoms with Crippen LogP contribution in [0.1, 0.15) is 31.3 Å². The van der Waals surface area contributed by atoms with E-state index in [2.05, 4.69) is 38.2 Å². The molecule has 0 aliphatic heterocycles. The Hall–Kier alpha value is -1.42. The molecular formula is C16H25IN4O3. The number of carbonyl (C=O) groups excluding carboxylic acids is 2. The number of alkyl carbamates (subject to hydrolysis) is 1. The highest BCUT2D eigenvalue weighted by Crippen LogP contribution is 2.06. The molecule has 134 valence electrons. The van der Waals surface area contributed by atoms with Gasteiger partial charge in [0.25, 0.3) is 5.91 Å². The molecule has 24 heavy (non-hydrogen) atoms. The topological polar surface area (TPSA) is 83.6 Å². The lowest BCUT2D eigenvalue weighted by Crippen LogP contribution is -2.39. The minimum atomic E-state index is -0.496. The second-order valence-electron chi connectivity index (χ2n) is 6.35. The molecule has 0 saturated carbocycles. The fourth-order valence-corrected chi connectivity index (χ4v) is 2.05. The van der Waals surface area contributed by atoms with Crippen LogP contribution in [0, 0.1) is 3.57 Å². The van der Waals surface area contributed by atoms with Crippen molar-refractivity contribution >= 4 is 34.6 Å². The summed E-state index contributed by atoms with van der Waals surface area (Å²) in [5.74, 6) is -0.188. The van der Waals surface area contributed by atoms with Crippen molar-refractivity contribution in [2.24, 2.45) is 0 Å². The largest absolute Gasteiger partial charge is 0.444 e. The molecule has 1 aromatic rings. The highest BCUT2D eigenvalue weighted by Gasteiger charge is 2.15. The van der Waals surface area contributed by atoms with Gasteiger partial charge in [-0.25, -0.2) is 9.78 Å². The van der Waals surface area contributed by atoms with Crippen LogP contribution in [0.5, 0.6) is 0 Å². The van der Waals surface area contributed by atoms with Gasteiger partial charge in [0.15, 0.2) is 0 Å². The number of hydrogen-bond donors (Lipinski definition) is 2. The predicted octanol–water partition coefficient (Wildman–Crippen LogP) is 1.87. The highest BCUT2D eigenvalue weighted by atomic mass is 127. The van der Waals surface area contributed by atoms with Gasteiger partial charge in [-0.2, -0.15) is 0 Å². The van der Waals surface area contributed by atoms with E-state index in [0.717, 1.165) is 3.57 Å². The first-order valence-electron chi connectivity index (χ1n) is 7.72. The number of rotatable bonds is 7. The molecule has 8 heteroatoms. The summed E-state index contributed by atoms with van der Waals surface area (Å²) < 4.78 is 6.14. The molecule has 2 N–H and O–H groups in total. The first-order valence-corrected chi connectivity index (χ1v) is 8.80. The zero-order valence-corrected chi connectivity index (χ0v) is 16.7. The summed E-state index contributed by atoms with van der Waals surface area (Å²) in [6.45, 7) is 7.80. The second-order valence-corrected chi connectivity index (χ2v) is 7.60. The van der Waals surface area contributed by atoms with Crippen LogP contribution in [-0.4, -0.2) is 60.7 Å². The van der Waals surface area contributed by atoms with Gasteiger partial charge in [-0.05, 0) is 62.5 Å². The van der Waals surface area contributed by atoms with E-state index in [1.54, 1.807) is 12.3 Å². The average Bonchev–Trinajstić information content (AvgIpc) is 2.46. The number of aromatic nitrogens is 1. The molecule has 0 bridgehead atoms. The van der Waals surface area contributed by atoms with Gasteiger partial charge in [0.1, 0.15) is 11.3 Å². The SMILES string of the molecule is CN(CCNC(=O)OC(C)(C)C)CCNC(=O)c1ccc(I)cn1. The lowest BCUT2D eigenvalue weighted by molar-refractivity contribution is 0.0524. The first-order chi connectivity index (χ1) is 11.2. The van der Waals surface area contributed by atoms with Gasteiger partial charge in [-0.3, -0.25) is 4.79 Å². The minimum Gasteiger partial charge on any atom is -0.444 e. The number of pyridine rings is 1. The normalized spacial score (nSPS) is 11.2. The summed E-state index contributed by atoms with van der Waals surface area (Å²) in [4.78, 5) is 29.5. The maximum atomic E-state index is 11.9. The van der Waals surface area contributed by atoms with Crippen LogP contribution < -0.4 is 10.6 Å². The van der Waals surface area contributed by atoms with E-state index in [1.807, 2.05) is 38.8 Å². The Balaban J connectivity index is 2.17. The summed E-state index contributed by atoms with van der Waals surface area (Å²) >= 11 is 2.14. The fourth-order valence-electron chi connectivity index (χ4n) is 1.74.